The van der Waals surface area contributed by atoms with E-state index in [0.717, 1.165) is 57.9 Å². The van der Waals surface area contributed by atoms with Gasteiger partial charge in [0.25, 0.3) is 0 Å². The van der Waals surface area contributed by atoms with E-state index in [0.29, 0.717) is 12.5 Å². The van der Waals surface area contributed by atoms with Gasteiger partial charge < -0.3 is 20.1 Å². The number of ether oxygens (including phenoxy) is 1. The van der Waals surface area contributed by atoms with Crippen LogP contribution in [-0.4, -0.2) is 68.0 Å². The van der Waals surface area contributed by atoms with Crippen LogP contribution in [0.5, 0.6) is 0 Å². The Hall–Kier alpha value is -1.63. The predicted molar refractivity (Wildman–Crippen MR) is 104 cm³/mol. The van der Waals surface area contributed by atoms with Crippen LogP contribution >= 0.6 is 0 Å². The van der Waals surface area contributed by atoms with Crippen molar-refractivity contribution in [3.8, 4) is 0 Å². The molecule has 144 valence electrons. The molecule has 0 aliphatic carbocycles. The van der Waals surface area contributed by atoms with Crippen LogP contribution in [0.1, 0.15) is 32.1 Å². The maximum Gasteiger partial charge on any atom is 0.225 e. The van der Waals surface area contributed by atoms with Crippen molar-refractivity contribution in [1.82, 2.24) is 4.90 Å². The molecule has 0 saturated carbocycles. The van der Waals surface area contributed by atoms with Crippen LogP contribution in [-0.2, 0) is 9.53 Å². The summed E-state index contributed by atoms with van der Waals surface area (Å²) in [6.07, 6.45) is 4.85. The first-order chi connectivity index (χ1) is 12.8. The second-order valence-corrected chi connectivity index (χ2v) is 7.14. The van der Waals surface area contributed by atoms with Crippen molar-refractivity contribution in [2.75, 3.05) is 56.2 Å². The van der Waals surface area contributed by atoms with Gasteiger partial charge in [-0.15, -0.1) is 0 Å². The van der Waals surface area contributed by atoms with Gasteiger partial charge in [-0.2, -0.15) is 0 Å². The Kier molecular flexibility index (Phi) is 7.29. The zero-order chi connectivity index (χ0) is 18.2. The predicted octanol–water partition coefficient (Wildman–Crippen LogP) is 2.09. The van der Waals surface area contributed by atoms with Gasteiger partial charge in [0.1, 0.15) is 0 Å². The number of amides is 1. The Balaban J connectivity index is 1.45. The first kappa shape index (κ1) is 19.1. The quantitative estimate of drug-likeness (QED) is 0.779. The van der Waals surface area contributed by atoms with Gasteiger partial charge in [0.2, 0.25) is 5.91 Å². The number of rotatable bonds is 7. The fraction of sp³-hybridized carbons (Fsp3) is 0.650. The maximum atomic E-state index is 12.3. The lowest BCUT2D eigenvalue weighted by atomic mass is 9.99. The van der Waals surface area contributed by atoms with Crippen molar-refractivity contribution in [2.24, 2.45) is 0 Å². The standard InChI is InChI=1S/C20H31N3O3/c24-14-9-18-3-1-2-10-22(18)11-8-20(25)21-17-4-6-19(7-5-17)23-12-15-26-16-13-23/h4-7,18,24H,1-3,8-16H2,(H,21,25). The highest BCUT2D eigenvalue weighted by Crippen LogP contribution is 2.21. The number of benzene rings is 1. The van der Waals surface area contributed by atoms with E-state index in [9.17, 15) is 9.90 Å². The van der Waals surface area contributed by atoms with Crippen LogP contribution in [0.25, 0.3) is 0 Å². The fourth-order valence-electron chi connectivity index (χ4n) is 3.88. The lowest BCUT2D eigenvalue weighted by molar-refractivity contribution is -0.116. The zero-order valence-corrected chi connectivity index (χ0v) is 15.5. The molecule has 6 nitrogen and oxygen atoms in total. The van der Waals surface area contributed by atoms with Crippen molar-refractivity contribution in [3.63, 3.8) is 0 Å². The molecule has 2 aliphatic rings. The van der Waals surface area contributed by atoms with Gasteiger partial charge in [0.15, 0.2) is 0 Å². The summed E-state index contributed by atoms with van der Waals surface area (Å²) in [5, 5.41) is 12.2. The molecule has 1 aromatic rings. The van der Waals surface area contributed by atoms with Crippen LogP contribution in [0, 0.1) is 0 Å². The highest BCUT2D eigenvalue weighted by molar-refractivity contribution is 5.91. The van der Waals surface area contributed by atoms with Crippen LogP contribution < -0.4 is 10.2 Å². The zero-order valence-electron chi connectivity index (χ0n) is 15.5. The molecule has 26 heavy (non-hydrogen) atoms. The molecule has 1 atom stereocenters. The molecular formula is C20H31N3O3. The Morgan fingerprint density at radius 3 is 2.65 bits per heavy atom. The summed E-state index contributed by atoms with van der Waals surface area (Å²) in [5.74, 6) is 0.0532. The van der Waals surface area contributed by atoms with Crippen molar-refractivity contribution < 1.29 is 14.6 Å². The molecule has 0 aromatic heterocycles. The Labute approximate surface area is 156 Å². The summed E-state index contributed by atoms with van der Waals surface area (Å²) in [4.78, 5) is 17.0. The number of nitrogens with one attached hydrogen (secondary N) is 1. The number of hydrogen-bond donors (Lipinski definition) is 2. The first-order valence-corrected chi connectivity index (χ1v) is 9.84. The smallest absolute Gasteiger partial charge is 0.225 e. The summed E-state index contributed by atoms with van der Waals surface area (Å²) in [7, 11) is 0. The van der Waals surface area contributed by atoms with Crippen molar-refractivity contribution >= 4 is 17.3 Å². The summed E-state index contributed by atoms with van der Waals surface area (Å²) in [5.41, 5.74) is 2.02. The maximum absolute atomic E-state index is 12.3. The van der Waals surface area contributed by atoms with Gasteiger partial charge in [0, 0.05) is 50.1 Å². The molecule has 0 bridgehead atoms. The van der Waals surface area contributed by atoms with E-state index in [1.807, 2.05) is 12.1 Å². The number of aliphatic hydroxyl groups is 1. The minimum absolute atomic E-state index is 0.0532. The van der Waals surface area contributed by atoms with E-state index in [4.69, 9.17) is 4.74 Å². The average molecular weight is 361 g/mol. The normalized spacial score (nSPS) is 21.6. The molecule has 2 aliphatic heterocycles. The Bertz CT molecular complexity index is 556. The topological polar surface area (TPSA) is 65.0 Å². The summed E-state index contributed by atoms with van der Waals surface area (Å²) in [6.45, 7) is 5.39. The second kappa shape index (κ2) is 9.90. The molecule has 0 radical (unpaired) electrons. The monoisotopic (exact) mass is 361 g/mol. The molecule has 2 N–H and O–H groups in total. The van der Waals surface area contributed by atoms with Gasteiger partial charge in [-0.1, -0.05) is 6.42 Å². The third kappa shape index (κ3) is 5.43. The molecule has 0 spiro atoms. The number of aliphatic hydroxyl groups excluding tert-OH is 1. The molecule has 1 unspecified atom stereocenters. The summed E-state index contributed by atoms with van der Waals surface area (Å²) in [6, 6.07) is 8.48. The van der Waals surface area contributed by atoms with Crippen molar-refractivity contribution in [3.05, 3.63) is 24.3 Å². The fourth-order valence-corrected chi connectivity index (χ4v) is 3.88. The number of carbonyl (C=O) groups excluding carboxylic acids is 1. The number of carbonyl (C=O) groups is 1. The lowest BCUT2D eigenvalue weighted by Gasteiger charge is -2.35. The van der Waals surface area contributed by atoms with Crippen molar-refractivity contribution in [1.29, 1.82) is 0 Å². The van der Waals surface area contributed by atoms with E-state index in [-0.39, 0.29) is 12.5 Å². The molecule has 3 rings (SSSR count). The second-order valence-electron chi connectivity index (χ2n) is 7.14. The molecule has 2 heterocycles. The highest BCUT2D eigenvalue weighted by Gasteiger charge is 2.22. The largest absolute Gasteiger partial charge is 0.396 e. The first-order valence-electron chi connectivity index (χ1n) is 9.84. The number of nitrogens with zero attached hydrogens (tertiary/aromatic N) is 2. The van der Waals surface area contributed by atoms with E-state index in [2.05, 4.69) is 27.2 Å². The third-order valence-corrected chi connectivity index (χ3v) is 5.36. The number of piperidine rings is 1. The minimum atomic E-state index is 0.0532. The number of likely N-dealkylation sites (tertiary alicyclic amines) is 1. The highest BCUT2D eigenvalue weighted by atomic mass is 16.5. The van der Waals surface area contributed by atoms with Gasteiger partial charge in [-0.05, 0) is 50.1 Å². The minimum Gasteiger partial charge on any atom is -0.396 e. The molecule has 1 aromatic carbocycles. The van der Waals surface area contributed by atoms with Crippen LogP contribution in [0.2, 0.25) is 0 Å². The number of anilines is 2. The van der Waals surface area contributed by atoms with Crippen molar-refractivity contribution in [2.45, 2.75) is 38.1 Å². The SMILES string of the molecule is O=C(CCN1CCCCC1CCO)Nc1ccc(N2CCOCC2)cc1. The van der Waals surface area contributed by atoms with E-state index >= 15 is 0 Å². The third-order valence-electron chi connectivity index (χ3n) is 5.36. The lowest BCUT2D eigenvalue weighted by Crippen LogP contribution is -2.41. The van der Waals surface area contributed by atoms with Crippen LogP contribution in [0.15, 0.2) is 24.3 Å². The molecular weight excluding hydrogens is 330 g/mol. The Morgan fingerprint density at radius 1 is 1.15 bits per heavy atom. The number of hydrogen-bond acceptors (Lipinski definition) is 5. The number of morpholine rings is 1. The van der Waals surface area contributed by atoms with E-state index < -0.39 is 0 Å². The molecule has 6 heteroatoms. The van der Waals surface area contributed by atoms with E-state index in [1.54, 1.807) is 0 Å². The van der Waals surface area contributed by atoms with Gasteiger partial charge in [-0.25, -0.2) is 0 Å². The summed E-state index contributed by atoms with van der Waals surface area (Å²) < 4.78 is 5.38. The van der Waals surface area contributed by atoms with Gasteiger partial charge in [-0.3, -0.25) is 9.69 Å². The average Bonchev–Trinajstić information content (AvgIpc) is 2.69. The molecule has 2 saturated heterocycles. The van der Waals surface area contributed by atoms with Gasteiger partial charge >= 0.3 is 0 Å². The van der Waals surface area contributed by atoms with Crippen LogP contribution in [0.4, 0.5) is 11.4 Å². The molecule has 2 fully saturated rings. The van der Waals surface area contributed by atoms with Gasteiger partial charge in [0.05, 0.1) is 13.2 Å². The summed E-state index contributed by atoms with van der Waals surface area (Å²) >= 11 is 0. The molecule has 1 amide bonds. The Morgan fingerprint density at radius 2 is 1.92 bits per heavy atom. The van der Waals surface area contributed by atoms with E-state index in [1.165, 1.54) is 18.5 Å². The van der Waals surface area contributed by atoms with Crippen LogP contribution in [0.3, 0.4) is 0 Å².